The van der Waals surface area contributed by atoms with Gasteiger partial charge in [-0.3, -0.25) is 0 Å². The summed E-state index contributed by atoms with van der Waals surface area (Å²) in [6, 6.07) is 19.6. The second-order valence-corrected chi connectivity index (χ2v) is 7.75. The molecule has 1 aromatic heterocycles. The van der Waals surface area contributed by atoms with Crippen LogP contribution >= 0.6 is 11.6 Å². The summed E-state index contributed by atoms with van der Waals surface area (Å²) in [6.45, 7) is 0.170. The molecule has 3 heterocycles. The number of nitrogens with zero attached hydrogens (tertiary/aromatic N) is 2. The van der Waals surface area contributed by atoms with Crippen molar-refractivity contribution in [3.63, 3.8) is 0 Å². The number of allylic oxidation sites excluding steroid dienone is 1. The van der Waals surface area contributed by atoms with Gasteiger partial charge in [0.15, 0.2) is 11.5 Å². The van der Waals surface area contributed by atoms with Gasteiger partial charge in [0.1, 0.15) is 22.5 Å². The molecule has 1 unspecified atom stereocenters. The maximum atomic E-state index is 9.95. The van der Waals surface area contributed by atoms with E-state index in [1.807, 2.05) is 48.5 Å². The summed E-state index contributed by atoms with van der Waals surface area (Å²) < 4.78 is 16.8. The van der Waals surface area contributed by atoms with E-state index in [0.717, 1.165) is 21.7 Å². The molecule has 4 aromatic rings. The fourth-order valence-electron chi connectivity index (χ4n) is 4.31. The Labute approximate surface area is 182 Å². The number of benzene rings is 3. The molecule has 150 valence electrons. The quantitative estimate of drug-likeness (QED) is 0.430. The Morgan fingerprint density at radius 1 is 1.00 bits per heavy atom. The normalized spacial score (nSPS) is 16.8. The minimum absolute atomic E-state index is 0.0668. The van der Waals surface area contributed by atoms with E-state index < -0.39 is 5.92 Å². The molecule has 0 aliphatic carbocycles. The fraction of sp³-hybridized carbons (Fsp3) is 0.0833. The number of fused-ring (bicyclic) bond motifs is 5. The van der Waals surface area contributed by atoms with Crippen LogP contribution in [-0.2, 0) is 0 Å². The molecule has 1 atom stereocenters. The van der Waals surface area contributed by atoms with Crippen molar-refractivity contribution < 1.29 is 14.2 Å². The Bertz CT molecular complexity index is 1490. The van der Waals surface area contributed by atoms with Crippen molar-refractivity contribution in [3.05, 3.63) is 82.3 Å². The molecule has 31 heavy (non-hydrogen) atoms. The Balaban J connectivity index is 1.66. The highest BCUT2D eigenvalue weighted by Gasteiger charge is 2.34. The van der Waals surface area contributed by atoms with E-state index in [-0.39, 0.29) is 17.8 Å². The predicted octanol–water partition coefficient (Wildman–Crippen LogP) is 4.99. The van der Waals surface area contributed by atoms with Crippen LogP contribution in [0.5, 0.6) is 17.2 Å². The molecular formula is C24H14ClN3O3. The smallest absolute Gasteiger partial charge is 0.231 e. The number of nitrogens with two attached hydrogens (primary N) is 1. The molecule has 0 spiro atoms. The maximum absolute atomic E-state index is 9.95. The van der Waals surface area contributed by atoms with Crippen molar-refractivity contribution in [2.45, 2.75) is 5.92 Å². The van der Waals surface area contributed by atoms with E-state index in [4.69, 9.17) is 31.5 Å². The SMILES string of the molecule is N#CC1=C(N)Oc2ccc3ccccc3c2C1c1cc2cc3c(cc2nc1Cl)OCO3. The molecular weight excluding hydrogens is 414 g/mol. The average molecular weight is 428 g/mol. The van der Waals surface area contributed by atoms with Gasteiger partial charge >= 0.3 is 0 Å². The summed E-state index contributed by atoms with van der Waals surface area (Å²) in [6.07, 6.45) is 0. The van der Waals surface area contributed by atoms with Crippen molar-refractivity contribution in [2.75, 3.05) is 6.79 Å². The van der Waals surface area contributed by atoms with Crippen LogP contribution in [0.4, 0.5) is 0 Å². The number of rotatable bonds is 1. The van der Waals surface area contributed by atoms with Gasteiger partial charge in [0.25, 0.3) is 0 Å². The predicted molar refractivity (Wildman–Crippen MR) is 116 cm³/mol. The monoisotopic (exact) mass is 427 g/mol. The van der Waals surface area contributed by atoms with Crippen molar-refractivity contribution >= 4 is 33.3 Å². The zero-order valence-corrected chi connectivity index (χ0v) is 16.8. The molecule has 6 rings (SSSR count). The molecule has 3 aromatic carbocycles. The summed E-state index contributed by atoms with van der Waals surface area (Å²) in [4.78, 5) is 4.59. The first-order chi connectivity index (χ1) is 15.1. The minimum atomic E-state index is -0.519. The molecule has 0 bridgehead atoms. The fourth-order valence-corrected chi connectivity index (χ4v) is 4.57. The maximum Gasteiger partial charge on any atom is 0.231 e. The molecule has 7 heteroatoms. The van der Waals surface area contributed by atoms with Gasteiger partial charge < -0.3 is 19.9 Å². The van der Waals surface area contributed by atoms with Crippen molar-refractivity contribution in [2.24, 2.45) is 5.73 Å². The highest BCUT2D eigenvalue weighted by atomic mass is 35.5. The van der Waals surface area contributed by atoms with E-state index in [0.29, 0.717) is 33.9 Å². The average Bonchev–Trinajstić information content (AvgIpc) is 3.23. The van der Waals surface area contributed by atoms with Crippen LogP contribution in [0.2, 0.25) is 5.15 Å². The Morgan fingerprint density at radius 3 is 2.65 bits per heavy atom. The first-order valence-electron chi connectivity index (χ1n) is 9.63. The van der Waals surface area contributed by atoms with E-state index >= 15 is 0 Å². The largest absolute Gasteiger partial charge is 0.454 e. The first kappa shape index (κ1) is 17.9. The Morgan fingerprint density at radius 2 is 1.81 bits per heavy atom. The number of hydrogen-bond acceptors (Lipinski definition) is 6. The second kappa shape index (κ2) is 6.53. The molecule has 6 nitrogen and oxygen atoms in total. The van der Waals surface area contributed by atoms with Crippen LogP contribution in [0, 0.1) is 11.3 Å². The lowest BCUT2D eigenvalue weighted by Crippen LogP contribution is -2.21. The van der Waals surface area contributed by atoms with Crippen LogP contribution in [-0.4, -0.2) is 11.8 Å². The lowest BCUT2D eigenvalue weighted by Gasteiger charge is -2.28. The first-order valence-corrected chi connectivity index (χ1v) is 10.0. The number of halogens is 1. The van der Waals surface area contributed by atoms with Crippen LogP contribution < -0.4 is 19.9 Å². The third kappa shape index (κ3) is 2.61. The molecule has 0 saturated carbocycles. The summed E-state index contributed by atoms with van der Waals surface area (Å²) in [5.41, 5.74) is 8.64. The van der Waals surface area contributed by atoms with Crippen LogP contribution in [0.15, 0.2) is 66.1 Å². The summed E-state index contributed by atoms with van der Waals surface area (Å²) in [7, 11) is 0. The van der Waals surface area contributed by atoms with Gasteiger partial charge in [-0.25, -0.2) is 4.98 Å². The van der Waals surface area contributed by atoms with Crippen LogP contribution in [0.1, 0.15) is 17.0 Å². The van der Waals surface area contributed by atoms with Crippen molar-refractivity contribution in [3.8, 4) is 23.3 Å². The summed E-state index contributed by atoms with van der Waals surface area (Å²) in [5.74, 6) is 1.43. The van der Waals surface area contributed by atoms with Gasteiger partial charge in [-0.05, 0) is 29.0 Å². The van der Waals surface area contributed by atoms with Crippen LogP contribution in [0.3, 0.4) is 0 Å². The molecule has 2 aliphatic heterocycles. The molecule has 0 saturated heterocycles. The zero-order valence-electron chi connectivity index (χ0n) is 16.1. The minimum Gasteiger partial charge on any atom is -0.454 e. The molecule has 2 N–H and O–H groups in total. The highest BCUT2D eigenvalue weighted by Crippen LogP contribution is 2.48. The van der Waals surface area contributed by atoms with E-state index in [9.17, 15) is 5.26 Å². The van der Waals surface area contributed by atoms with E-state index in [1.54, 1.807) is 6.07 Å². The van der Waals surface area contributed by atoms with Gasteiger partial charge in [0.2, 0.25) is 12.7 Å². The van der Waals surface area contributed by atoms with Gasteiger partial charge in [-0.2, -0.15) is 5.26 Å². The number of aromatic nitrogens is 1. The Kier molecular flexibility index (Phi) is 3.76. The lowest BCUT2D eigenvalue weighted by atomic mass is 9.81. The third-order valence-corrected chi connectivity index (χ3v) is 6.02. The van der Waals surface area contributed by atoms with Gasteiger partial charge in [-0.1, -0.05) is 41.9 Å². The number of nitriles is 1. The van der Waals surface area contributed by atoms with Gasteiger partial charge in [-0.15, -0.1) is 0 Å². The molecule has 0 fully saturated rings. The van der Waals surface area contributed by atoms with Crippen molar-refractivity contribution in [1.29, 1.82) is 5.26 Å². The summed E-state index contributed by atoms with van der Waals surface area (Å²) in [5, 5.41) is 13.1. The molecule has 0 amide bonds. The van der Waals surface area contributed by atoms with E-state index in [2.05, 4.69) is 11.1 Å². The molecule has 2 aliphatic rings. The third-order valence-electron chi connectivity index (χ3n) is 5.71. The van der Waals surface area contributed by atoms with Gasteiger partial charge in [0.05, 0.1) is 11.4 Å². The van der Waals surface area contributed by atoms with E-state index in [1.165, 1.54) is 0 Å². The summed E-state index contributed by atoms with van der Waals surface area (Å²) >= 11 is 6.68. The Hall–Kier alpha value is -3.95. The number of hydrogen-bond donors (Lipinski definition) is 1. The number of pyridine rings is 1. The lowest BCUT2D eigenvalue weighted by molar-refractivity contribution is 0.174. The topological polar surface area (TPSA) is 90.4 Å². The molecule has 0 radical (unpaired) electrons. The highest BCUT2D eigenvalue weighted by molar-refractivity contribution is 6.30. The van der Waals surface area contributed by atoms with Crippen LogP contribution in [0.25, 0.3) is 21.7 Å². The van der Waals surface area contributed by atoms with Gasteiger partial charge in [0, 0.05) is 22.6 Å². The zero-order chi connectivity index (χ0) is 21.1. The van der Waals surface area contributed by atoms with Crippen molar-refractivity contribution in [1.82, 2.24) is 4.98 Å². The number of ether oxygens (including phenoxy) is 3. The second-order valence-electron chi connectivity index (χ2n) is 7.39. The standard InChI is InChI=1S/C24H14ClN3O3/c25-23-15(7-13-8-19-20(30-11-29-19)9-17(13)28-23)21-16(10-26)24(27)31-18-6-5-12-3-1-2-4-14(12)22(18)21/h1-9,21H,11,27H2.